The van der Waals surface area contributed by atoms with E-state index in [0.29, 0.717) is 18.0 Å². The van der Waals surface area contributed by atoms with Crippen LogP contribution in [0.4, 0.5) is 0 Å². The molecule has 1 amide bonds. The predicted molar refractivity (Wildman–Crippen MR) is 107 cm³/mol. The molecule has 0 atom stereocenters. The standard InChI is InChI=1S/C23H24N2O3/c1-27-19-11-9-18(10-12-19)23(13-5-6-14-23)16-24-22(26)20-15-21(28-25-20)17-7-3-2-4-8-17/h2-4,7-12,15H,5-6,13-14,16H2,1H3,(H,24,26). The second-order valence-electron chi connectivity index (χ2n) is 7.34. The van der Waals surface area contributed by atoms with Gasteiger partial charge < -0.3 is 14.6 Å². The van der Waals surface area contributed by atoms with Crippen LogP contribution in [0.15, 0.2) is 65.2 Å². The highest BCUT2D eigenvalue weighted by molar-refractivity contribution is 5.93. The number of ether oxygens (including phenoxy) is 1. The van der Waals surface area contributed by atoms with Crippen LogP contribution >= 0.6 is 0 Å². The molecule has 2 aromatic carbocycles. The zero-order chi connectivity index (χ0) is 19.4. The van der Waals surface area contributed by atoms with E-state index in [-0.39, 0.29) is 11.3 Å². The van der Waals surface area contributed by atoms with Crippen LogP contribution in [0, 0.1) is 0 Å². The van der Waals surface area contributed by atoms with Crippen molar-refractivity contribution in [2.75, 3.05) is 13.7 Å². The molecule has 5 heteroatoms. The molecule has 0 unspecified atom stereocenters. The van der Waals surface area contributed by atoms with Crippen molar-refractivity contribution in [3.63, 3.8) is 0 Å². The fourth-order valence-electron chi connectivity index (χ4n) is 4.02. The molecule has 28 heavy (non-hydrogen) atoms. The fraction of sp³-hybridized carbons (Fsp3) is 0.304. The van der Waals surface area contributed by atoms with Crippen molar-refractivity contribution in [1.29, 1.82) is 0 Å². The third-order valence-corrected chi connectivity index (χ3v) is 5.65. The Hall–Kier alpha value is -3.08. The first-order chi connectivity index (χ1) is 13.7. The first-order valence-corrected chi connectivity index (χ1v) is 9.65. The lowest BCUT2D eigenvalue weighted by molar-refractivity contribution is 0.0934. The van der Waals surface area contributed by atoms with Crippen LogP contribution < -0.4 is 10.1 Å². The van der Waals surface area contributed by atoms with Crippen LogP contribution in [0.5, 0.6) is 5.75 Å². The Balaban J connectivity index is 1.47. The summed E-state index contributed by atoms with van der Waals surface area (Å²) in [6.07, 6.45) is 4.47. The third-order valence-electron chi connectivity index (χ3n) is 5.65. The number of rotatable bonds is 6. The monoisotopic (exact) mass is 376 g/mol. The van der Waals surface area contributed by atoms with Crippen molar-refractivity contribution in [3.05, 3.63) is 71.9 Å². The van der Waals surface area contributed by atoms with Crippen molar-refractivity contribution in [3.8, 4) is 17.1 Å². The zero-order valence-corrected chi connectivity index (χ0v) is 16.0. The number of nitrogens with zero attached hydrogens (tertiary/aromatic N) is 1. The van der Waals surface area contributed by atoms with Crippen LogP contribution in [0.2, 0.25) is 0 Å². The molecule has 0 bridgehead atoms. The highest BCUT2D eigenvalue weighted by atomic mass is 16.5. The summed E-state index contributed by atoms with van der Waals surface area (Å²) in [5.41, 5.74) is 2.42. The van der Waals surface area contributed by atoms with Gasteiger partial charge in [0, 0.05) is 23.6 Å². The number of amides is 1. The number of nitrogens with one attached hydrogen (secondary N) is 1. The molecular weight excluding hydrogens is 352 g/mol. The van der Waals surface area contributed by atoms with Gasteiger partial charge in [0.2, 0.25) is 0 Å². The molecule has 1 aliphatic carbocycles. The van der Waals surface area contributed by atoms with Crippen molar-refractivity contribution < 1.29 is 14.1 Å². The Morgan fingerprint density at radius 1 is 1.11 bits per heavy atom. The zero-order valence-electron chi connectivity index (χ0n) is 16.0. The van der Waals surface area contributed by atoms with E-state index in [1.54, 1.807) is 13.2 Å². The Kier molecular flexibility index (Phi) is 5.15. The largest absolute Gasteiger partial charge is 0.497 e. The van der Waals surface area contributed by atoms with E-state index in [1.165, 1.54) is 18.4 Å². The Morgan fingerprint density at radius 2 is 1.82 bits per heavy atom. The lowest BCUT2D eigenvalue weighted by Crippen LogP contribution is -2.39. The summed E-state index contributed by atoms with van der Waals surface area (Å²) >= 11 is 0. The number of methoxy groups -OCH3 is 1. The lowest BCUT2D eigenvalue weighted by atomic mass is 9.78. The van der Waals surface area contributed by atoms with Crippen LogP contribution in [0.3, 0.4) is 0 Å². The van der Waals surface area contributed by atoms with Gasteiger partial charge >= 0.3 is 0 Å². The van der Waals surface area contributed by atoms with Gasteiger partial charge in [-0.15, -0.1) is 0 Å². The van der Waals surface area contributed by atoms with Gasteiger partial charge in [-0.3, -0.25) is 4.79 Å². The Bertz CT molecular complexity index is 926. The van der Waals surface area contributed by atoms with Gasteiger partial charge in [0.1, 0.15) is 5.75 Å². The molecule has 1 heterocycles. The molecule has 0 aliphatic heterocycles. The van der Waals surface area contributed by atoms with E-state index < -0.39 is 0 Å². The second-order valence-corrected chi connectivity index (χ2v) is 7.34. The molecule has 5 nitrogen and oxygen atoms in total. The Morgan fingerprint density at radius 3 is 2.50 bits per heavy atom. The summed E-state index contributed by atoms with van der Waals surface area (Å²) in [4.78, 5) is 12.7. The van der Waals surface area contributed by atoms with E-state index in [2.05, 4.69) is 22.6 Å². The molecule has 0 radical (unpaired) electrons. The van der Waals surface area contributed by atoms with E-state index >= 15 is 0 Å². The maximum atomic E-state index is 12.7. The first-order valence-electron chi connectivity index (χ1n) is 9.65. The topological polar surface area (TPSA) is 64.4 Å². The molecule has 0 saturated heterocycles. The van der Waals surface area contributed by atoms with Crippen LogP contribution in [-0.4, -0.2) is 24.7 Å². The highest BCUT2D eigenvalue weighted by Gasteiger charge is 2.36. The summed E-state index contributed by atoms with van der Waals surface area (Å²) in [5, 5.41) is 7.03. The molecule has 4 rings (SSSR count). The number of hydrogen-bond donors (Lipinski definition) is 1. The van der Waals surface area contributed by atoms with Crippen molar-refractivity contribution >= 4 is 5.91 Å². The van der Waals surface area contributed by atoms with Crippen LogP contribution in [0.1, 0.15) is 41.7 Å². The Labute approximate surface area is 164 Å². The van der Waals surface area contributed by atoms with Gasteiger partial charge in [0.15, 0.2) is 11.5 Å². The van der Waals surface area contributed by atoms with E-state index in [1.807, 2.05) is 42.5 Å². The molecular formula is C23H24N2O3. The van der Waals surface area contributed by atoms with Gasteiger partial charge in [-0.1, -0.05) is 60.5 Å². The van der Waals surface area contributed by atoms with Gasteiger partial charge in [-0.05, 0) is 30.5 Å². The van der Waals surface area contributed by atoms with Crippen molar-refractivity contribution in [2.24, 2.45) is 0 Å². The quantitative estimate of drug-likeness (QED) is 0.683. The lowest BCUT2D eigenvalue weighted by Gasteiger charge is -2.30. The van der Waals surface area contributed by atoms with Crippen molar-refractivity contribution in [1.82, 2.24) is 10.5 Å². The van der Waals surface area contributed by atoms with Gasteiger partial charge in [0.05, 0.1) is 7.11 Å². The molecule has 1 saturated carbocycles. The second kappa shape index (κ2) is 7.89. The minimum atomic E-state index is -0.203. The van der Waals surface area contributed by atoms with Gasteiger partial charge in [-0.2, -0.15) is 0 Å². The summed E-state index contributed by atoms with van der Waals surface area (Å²) in [7, 11) is 1.67. The minimum Gasteiger partial charge on any atom is -0.497 e. The SMILES string of the molecule is COc1ccc(C2(CNC(=O)c3cc(-c4ccccc4)on3)CCCC2)cc1. The third kappa shape index (κ3) is 3.65. The molecule has 1 fully saturated rings. The molecule has 0 spiro atoms. The van der Waals surface area contributed by atoms with Crippen LogP contribution in [0.25, 0.3) is 11.3 Å². The normalized spacial score (nSPS) is 15.3. The molecule has 1 aliphatic rings. The predicted octanol–water partition coefficient (Wildman–Crippen LogP) is 4.59. The van der Waals surface area contributed by atoms with Crippen LogP contribution in [-0.2, 0) is 5.41 Å². The first kappa shape index (κ1) is 18.3. The van der Waals surface area contributed by atoms with E-state index in [4.69, 9.17) is 9.26 Å². The van der Waals surface area contributed by atoms with Gasteiger partial charge in [-0.25, -0.2) is 0 Å². The highest BCUT2D eigenvalue weighted by Crippen LogP contribution is 2.41. The minimum absolute atomic E-state index is 0.0338. The maximum Gasteiger partial charge on any atom is 0.273 e. The molecule has 1 aromatic heterocycles. The summed E-state index contributed by atoms with van der Waals surface area (Å²) in [6, 6.07) is 19.5. The van der Waals surface area contributed by atoms with Gasteiger partial charge in [0.25, 0.3) is 5.91 Å². The van der Waals surface area contributed by atoms with Crippen molar-refractivity contribution in [2.45, 2.75) is 31.1 Å². The smallest absolute Gasteiger partial charge is 0.273 e. The number of aromatic nitrogens is 1. The molecule has 3 aromatic rings. The summed E-state index contributed by atoms with van der Waals surface area (Å²) < 4.78 is 10.6. The number of carbonyl (C=O) groups is 1. The average molecular weight is 376 g/mol. The number of carbonyl (C=O) groups excluding carboxylic acids is 1. The maximum absolute atomic E-state index is 12.7. The fourth-order valence-corrected chi connectivity index (χ4v) is 4.02. The molecule has 144 valence electrons. The number of hydrogen-bond acceptors (Lipinski definition) is 4. The van der Waals surface area contributed by atoms with E-state index in [9.17, 15) is 4.79 Å². The summed E-state index contributed by atoms with van der Waals surface area (Å²) in [6.45, 7) is 0.589. The number of benzene rings is 2. The summed E-state index contributed by atoms with van der Waals surface area (Å²) in [5.74, 6) is 1.24. The van der Waals surface area contributed by atoms with E-state index in [0.717, 1.165) is 24.2 Å². The molecule has 1 N–H and O–H groups in total. The average Bonchev–Trinajstić information content (AvgIpc) is 3.44.